The minimum atomic E-state index is -4.82. The molecule has 0 saturated carbocycles. The molecule has 11 heteroatoms. The van der Waals surface area contributed by atoms with E-state index in [-0.39, 0.29) is 23.7 Å². The van der Waals surface area contributed by atoms with Crippen LogP contribution in [0, 0.1) is 0 Å². The van der Waals surface area contributed by atoms with Gasteiger partial charge in [-0.15, -0.1) is 0 Å². The summed E-state index contributed by atoms with van der Waals surface area (Å²) >= 11 is 5.69. The first kappa shape index (κ1) is 27.3. The highest BCUT2D eigenvalue weighted by molar-refractivity contribution is 7.92. The van der Waals surface area contributed by atoms with Crippen molar-refractivity contribution in [3.8, 4) is 5.75 Å². The van der Waals surface area contributed by atoms with Crippen molar-refractivity contribution in [3.05, 3.63) is 88.9 Å². The smallest absolute Gasteiger partial charge is 0.417 e. The summed E-state index contributed by atoms with van der Waals surface area (Å²) in [4.78, 5) is 12.4. The maximum Gasteiger partial charge on any atom is 0.417 e. The summed E-state index contributed by atoms with van der Waals surface area (Å²) in [6.07, 6.45) is -3.93. The van der Waals surface area contributed by atoms with Gasteiger partial charge in [-0.1, -0.05) is 48.9 Å². The first-order valence-electron chi connectivity index (χ1n) is 11.0. The summed E-state index contributed by atoms with van der Waals surface area (Å²) in [5.41, 5.74) is -0.415. The van der Waals surface area contributed by atoms with Gasteiger partial charge in [0.05, 0.1) is 27.7 Å². The summed E-state index contributed by atoms with van der Waals surface area (Å²) in [5.74, 6) is -0.112. The normalized spacial score (nSPS) is 11.7. The van der Waals surface area contributed by atoms with E-state index in [1.165, 1.54) is 24.3 Å². The Morgan fingerprint density at radius 3 is 2.31 bits per heavy atom. The van der Waals surface area contributed by atoms with Gasteiger partial charge in [0.1, 0.15) is 18.9 Å². The minimum absolute atomic E-state index is 0.0575. The van der Waals surface area contributed by atoms with Crippen LogP contribution < -0.4 is 14.4 Å². The van der Waals surface area contributed by atoms with E-state index < -0.39 is 39.2 Å². The lowest BCUT2D eigenvalue weighted by Crippen LogP contribution is -2.42. The first-order valence-corrected chi connectivity index (χ1v) is 12.8. The molecule has 0 aliphatic carbocycles. The number of carbonyl (C=O) groups is 1. The monoisotopic (exact) mass is 540 g/mol. The van der Waals surface area contributed by atoms with Crippen LogP contribution in [0.15, 0.2) is 77.7 Å². The summed E-state index contributed by atoms with van der Waals surface area (Å²) in [6.45, 7) is 1.45. The Labute approximate surface area is 212 Å². The number of aryl methyl sites for hydroxylation is 1. The van der Waals surface area contributed by atoms with Crippen molar-refractivity contribution < 1.29 is 31.1 Å². The molecule has 0 unspecified atom stereocenters. The number of amides is 1. The predicted octanol–water partition coefficient (Wildman–Crippen LogP) is 5.31. The molecule has 1 amide bonds. The van der Waals surface area contributed by atoms with Gasteiger partial charge in [0.15, 0.2) is 0 Å². The molecular formula is C25H24ClF3N2O4S. The minimum Gasteiger partial charge on any atom is -0.492 e. The zero-order valence-electron chi connectivity index (χ0n) is 19.3. The SMILES string of the molecule is CCc1ccc(OCCNC(=O)CN(c2ccc(Cl)c(C(F)(F)F)c2)S(=O)(=O)c2ccccc2)cc1. The lowest BCUT2D eigenvalue weighted by molar-refractivity contribution is -0.137. The van der Waals surface area contributed by atoms with Gasteiger partial charge in [0.25, 0.3) is 10.0 Å². The second-order valence-electron chi connectivity index (χ2n) is 7.68. The van der Waals surface area contributed by atoms with Crippen molar-refractivity contribution in [2.24, 2.45) is 0 Å². The van der Waals surface area contributed by atoms with Crippen LogP contribution >= 0.6 is 11.6 Å². The first-order chi connectivity index (χ1) is 17.0. The van der Waals surface area contributed by atoms with Crippen molar-refractivity contribution in [2.45, 2.75) is 24.4 Å². The molecule has 0 heterocycles. The van der Waals surface area contributed by atoms with Crippen molar-refractivity contribution in [2.75, 3.05) is 24.0 Å². The van der Waals surface area contributed by atoms with Crippen LogP contribution in [0.3, 0.4) is 0 Å². The molecule has 0 aliphatic rings. The fourth-order valence-electron chi connectivity index (χ4n) is 3.29. The number of hydrogen-bond donors (Lipinski definition) is 1. The van der Waals surface area contributed by atoms with Gasteiger partial charge in [0, 0.05) is 0 Å². The van der Waals surface area contributed by atoms with Gasteiger partial charge in [-0.25, -0.2) is 8.42 Å². The third kappa shape index (κ3) is 6.92. The molecule has 36 heavy (non-hydrogen) atoms. The number of benzene rings is 3. The molecule has 0 aromatic heterocycles. The van der Waals surface area contributed by atoms with Crippen LogP contribution in [0.2, 0.25) is 5.02 Å². The standard InChI is InChI=1S/C25H24ClF3N2O4S/c1-2-18-8-11-20(12-9-18)35-15-14-30-24(32)17-31(36(33,34)21-6-4-3-5-7-21)19-10-13-23(26)22(16-19)25(27,28)29/h3-13,16H,2,14-15,17H2,1H3,(H,30,32). The van der Waals surface area contributed by atoms with E-state index in [4.69, 9.17) is 16.3 Å². The molecule has 0 radical (unpaired) electrons. The van der Waals surface area contributed by atoms with Crippen molar-refractivity contribution in [1.82, 2.24) is 5.32 Å². The zero-order chi connectivity index (χ0) is 26.3. The molecule has 0 bridgehead atoms. The highest BCUT2D eigenvalue weighted by Crippen LogP contribution is 2.38. The van der Waals surface area contributed by atoms with Crippen LogP contribution in [-0.2, 0) is 27.4 Å². The number of ether oxygens (including phenoxy) is 1. The predicted molar refractivity (Wildman–Crippen MR) is 132 cm³/mol. The molecule has 0 fully saturated rings. The van der Waals surface area contributed by atoms with E-state index in [0.29, 0.717) is 16.1 Å². The number of nitrogens with one attached hydrogen (secondary N) is 1. The van der Waals surface area contributed by atoms with Crippen LogP contribution in [0.4, 0.5) is 18.9 Å². The molecular weight excluding hydrogens is 517 g/mol. The largest absolute Gasteiger partial charge is 0.492 e. The quantitative estimate of drug-likeness (QED) is 0.354. The zero-order valence-corrected chi connectivity index (χ0v) is 20.8. The Balaban J connectivity index is 1.77. The second kappa shape index (κ2) is 11.7. The lowest BCUT2D eigenvalue weighted by Gasteiger charge is -2.25. The number of hydrogen-bond acceptors (Lipinski definition) is 4. The molecule has 0 aliphatic heterocycles. The second-order valence-corrected chi connectivity index (χ2v) is 9.95. The van der Waals surface area contributed by atoms with Gasteiger partial charge < -0.3 is 10.1 Å². The molecule has 3 aromatic rings. The lowest BCUT2D eigenvalue weighted by atomic mass is 10.2. The third-order valence-corrected chi connectivity index (χ3v) is 7.30. The fourth-order valence-corrected chi connectivity index (χ4v) is 4.95. The highest BCUT2D eigenvalue weighted by atomic mass is 35.5. The van der Waals surface area contributed by atoms with E-state index in [1.54, 1.807) is 18.2 Å². The number of anilines is 1. The van der Waals surface area contributed by atoms with Gasteiger partial charge in [-0.05, 0) is 54.4 Å². The molecule has 0 saturated heterocycles. The van der Waals surface area contributed by atoms with E-state index in [1.807, 2.05) is 19.1 Å². The average molecular weight is 541 g/mol. The Kier molecular flexibility index (Phi) is 8.86. The Morgan fingerprint density at radius 1 is 1.03 bits per heavy atom. The van der Waals surface area contributed by atoms with Gasteiger partial charge in [-0.3, -0.25) is 9.10 Å². The summed E-state index contributed by atoms with van der Waals surface area (Å²) < 4.78 is 73.0. The van der Waals surface area contributed by atoms with Gasteiger partial charge in [-0.2, -0.15) is 13.2 Å². The Morgan fingerprint density at radius 2 is 1.69 bits per heavy atom. The number of carbonyl (C=O) groups excluding carboxylic acids is 1. The van der Waals surface area contributed by atoms with Crippen LogP contribution in [0.25, 0.3) is 0 Å². The maximum atomic E-state index is 13.4. The van der Waals surface area contributed by atoms with Crippen LogP contribution in [-0.4, -0.2) is 34.0 Å². The average Bonchev–Trinajstić information content (AvgIpc) is 2.86. The number of sulfonamides is 1. The maximum absolute atomic E-state index is 13.4. The van der Waals surface area contributed by atoms with Crippen LogP contribution in [0.5, 0.6) is 5.75 Å². The molecule has 1 N–H and O–H groups in total. The van der Waals surface area contributed by atoms with E-state index in [2.05, 4.69) is 5.32 Å². The summed E-state index contributed by atoms with van der Waals surface area (Å²) in [7, 11) is -4.37. The summed E-state index contributed by atoms with van der Waals surface area (Å²) in [6, 6.07) is 17.2. The summed E-state index contributed by atoms with van der Waals surface area (Å²) in [5, 5.41) is 1.95. The molecule has 192 valence electrons. The van der Waals surface area contributed by atoms with Gasteiger partial charge >= 0.3 is 6.18 Å². The van der Waals surface area contributed by atoms with Crippen molar-refractivity contribution in [3.63, 3.8) is 0 Å². The van der Waals surface area contributed by atoms with Gasteiger partial charge in [0.2, 0.25) is 5.91 Å². The Bertz CT molecular complexity index is 1280. The topological polar surface area (TPSA) is 75.7 Å². The number of alkyl halides is 3. The molecule has 0 spiro atoms. The number of nitrogens with zero attached hydrogens (tertiary/aromatic N) is 1. The molecule has 3 rings (SSSR count). The van der Waals surface area contributed by atoms with Crippen LogP contribution in [0.1, 0.15) is 18.1 Å². The Hall–Kier alpha value is -3.24. The van der Waals surface area contributed by atoms with E-state index >= 15 is 0 Å². The third-order valence-electron chi connectivity index (χ3n) is 5.19. The van der Waals surface area contributed by atoms with E-state index in [9.17, 15) is 26.4 Å². The van der Waals surface area contributed by atoms with Crippen molar-refractivity contribution >= 4 is 33.2 Å². The highest BCUT2D eigenvalue weighted by Gasteiger charge is 2.35. The van der Waals surface area contributed by atoms with E-state index in [0.717, 1.165) is 24.1 Å². The molecule has 6 nitrogen and oxygen atoms in total. The van der Waals surface area contributed by atoms with Crippen molar-refractivity contribution in [1.29, 1.82) is 0 Å². The molecule has 3 aromatic carbocycles. The molecule has 0 atom stereocenters. The number of rotatable bonds is 10. The number of halogens is 4. The fraction of sp³-hybridized carbons (Fsp3) is 0.240.